The van der Waals surface area contributed by atoms with E-state index in [2.05, 4.69) is 39.6 Å². The standard InChI is InChI=1S/C16H12N4/c1-11-18-15(10-17)9-16(19-11)20-14-7-6-12-4-2-3-5-13(12)8-14/h2-9H,1H3,(H,18,19,20). The third-order valence-electron chi connectivity index (χ3n) is 2.97. The average molecular weight is 260 g/mol. The minimum atomic E-state index is 0.362. The molecule has 0 saturated heterocycles. The minimum Gasteiger partial charge on any atom is -0.340 e. The second kappa shape index (κ2) is 4.98. The highest BCUT2D eigenvalue weighted by molar-refractivity contribution is 5.86. The van der Waals surface area contributed by atoms with Gasteiger partial charge in [0.15, 0.2) is 0 Å². The molecule has 0 spiro atoms. The van der Waals surface area contributed by atoms with Crippen molar-refractivity contribution in [2.75, 3.05) is 5.32 Å². The minimum absolute atomic E-state index is 0.362. The molecule has 2 aromatic carbocycles. The van der Waals surface area contributed by atoms with Crippen LogP contribution in [0.1, 0.15) is 11.5 Å². The summed E-state index contributed by atoms with van der Waals surface area (Å²) in [7, 11) is 0. The molecule has 4 heteroatoms. The van der Waals surface area contributed by atoms with Crippen LogP contribution in [-0.2, 0) is 0 Å². The molecule has 0 saturated carbocycles. The Bertz CT molecular complexity index is 818. The van der Waals surface area contributed by atoms with Gasteiger partial charge in [0.25, 0.3) is 0 Å². The summed E-state index contributed by atoms with van der Waals surface area (Å²) in [6.45, 7) is 1.77. The van der Waals surface area contributed by atoms with Crippen LogP contribution < -0.4 is 5.32 Å². The maximum Gasteiger partial charge on any atom is 0.146 e. The molecule has 1 aromatic heterocycles. The quantitative estimate of drug-likeness (QED) is 0.765. The molecule has 0 fully saturated rings. The van der Waals surface area contributed by atoms with Gasteiger partial charge < -0.3 is 5.32 Å². The maximum atomic E-state index is 8.93. The summed E-state index contributed by atoms with van der Waals surface area (Å²) in [5.74, 6) is 1.21. The first kappa shape index (κ1) is 12.1. The van der Waals surface area contributed by atoms with E-state index >= 15 is 0 Å². The number of anilines is 2. The van der Waals surface area contributed by atoms with Crippen molar-refractivity contribution >= 4 is 22.3 Å². The van der Waals surface area contributed by atoms with Gasteiger partial charge >= 0.3 is 0 Å². The molecular formula is C16H12N4. The number of nitriles is 1. The third-order valence-corrected chi connectivity index (χ3v) is 2.97. The first-order chi connectivity index (χ1) is 9.74. The Morgan fingerprint density at radius 3 is 2.60 bits per heavy atom. The summed E-state index contributed by atoms with van der Waals surface area (Å²) in [5, 5.41) is 14.5. The summed E-state index contributed by atoms with van der Waals surface area (Å²) in [6.07, 6.45) is 0. The lowest BCUT2D eigenvalue weighted by Gasteiger charge is -2.07. The summed E-state index contributed by atoms with van der Waals surface area (Å²) >= 11 is 0. The summed E-state index contributed by atoms with van der Waals surface area (Å²) in [6, 6.07) is 17.9. The molecule has 3 aromatic rings. The van der Waals surface area contributed by atoms with Crippen LogP contribution in [-0.4, -0.2) is 9.97 Å². The van der Waals surface area contributed by atoms with Gasteiger partial charge in [0.1, 0.15) is 23.4 Å². The Morgan fingerprint density at radius 1 is 1.00 bits per heavy atom. The lowest BCUT2D eigenvalue weighted by Crippen LogP contribution is -1.99. The van der Waals surface area contributed by atoms with Crippen LogP contribution in [0.2, 0.25) is 0 Å². The van der Waals surface area contributed by atoms with E-state index in [9.17, 15) is 0 Å². The first-order valence-corrected chi connectivity index (χ1v) is 6.26. The van der Waals surface area contributed by atoms with E-state index in [0.717, 1.165) is 11.1 Å². The Kier molecular flexibility index (Phi) is 3.02. The van der Waals surface area contributed by atoms with Gasteiger partial charge in [0, 0.05) is 11.8 Å². The normalized spacial score (nSPS) is 10.2. The molecule has 0 radical (unpaired) electrons. The van der Waals surface area contributed by atoms with Crippen molar-refractivity contribution in [3.63, 3.8) is 0 Å². The molecule has 96 valence electrons. The molecule has 0 aliphatic carbocycles. The number of fused-ring (bicyclic) bond motifs is 1. The smallest absolute Gasteiger partial charge is 0.146 e. The van der Waals surface area contributed by atoms with Crippen LogP contribution in [0, 0.1) is 18.3 Å². The lowest BCUT2D eigenvalue weighted by atomic mass is 10.1. The van der Waals surface area contributed by atoms with Gasteiger partial charge in [-0.25, -0.2) is 9.97 Å². The van der Waals surface area contributed by atoms with Gasteiger partial charge in [0.2, 0.25) is 0 Å². The van der Waals surface area contributed by atoms with Gasteiger partial charge in [0.05, 0.1) is 0 Å². The van der Waals surface area contributed by atoms with Crippen molar-refractivity contribution < 1.29 is 0 Å². The topological polar surface area (TPSA) is 61.6 Å². The first-order valence-electron chi connectivity index (χ1n) is 6.26. The second-order valence-corrected chi connectivity index (χ2v) is 4.48. The number of benzene rings is 2. The Balaban J connectivity index is 1.97. The van der Waals surface area contributed by atoms with Crippen LogP contribution in [0.15, 0.2) is 48.5 Å². The molecule has 0 atom stereocenters. The van der Waals surface area contributed by atoms with Crippen LogP contribution in [0.4, 0.5) is 11.5 Å². The SMILES string of the molecule is Cc1nc(C#N)cc(Nc2ccc3ccccc3c2)n1. The van der Waals surface area contributed by atoms with E-state index in [1.807, 2.05) is 24.3 Å². The monoisotopic (exact) mass is 260 g/mol. The van der Waals surface area contributed by atoms with Crippen LogP contribution in [0.25, 0.3) is 10.8 Å². The molecule has 3 rings (SSSR count). The van der Waals surface area contributed by atoms with Crippen molar-refractivity contribution in [2.24, 2.45) is 0 Å². The van der Waals surface area contributed by atoms with Crippen molar-refractivity contribution in [1.29, 1.82) is 5.26 Å². The van der Waals surface area contributed by atoms with Crippen LogP contribution >= 0.6 is 0 Å². The fraction of sp³-hybridized carbons (Fsp3) is 0.0625. The Morgan fingerprint density at radius 2 is 1.80 bits per heavy atom. The number of nitrogens with one attached hydrogen (secondary N) is 1. The van der Waals surface area contributed by atoms with E-state index in [0.29, 0.717) is 17.3 Å². The van der Waals surface area contributed by atoms with Gasteiger partial charge in [-0.2, -0.15) is 5.26 Å². The predicted molar refractivity (Wildman–Crippen MR) is 78.7 cm³/mol. The molecule has 0 unspecified atom stereocenters. The molecule has 20 heavy (non-hydrogen) atoms. The molecule has 1 N–H and O–H groups in total. The lowest BCUT2D eigenvalue weighted by molar-refractivity contribution is 1.04. The largest absolute Gasteiger partial charge is 0.340 e. The van der Waals surface area contributed by atoms with Crippen LogP contribution in [0.3, 0.4) is 0 Å². The molecule has 0 aliphatic rings. The maximum absolute atomic E-state index is 8.93. The number of aryl methyl sites for hydroxylation is 1. The highest BCUT2D eigenvalue weighted by Crippen LogP contribution is 2.21. The molecule has 0 bridgehead atoms. The number of hydrogen-bond acceptors (Lipinski definition) is 4. The van der Waals surface area contributed by atoms with Crippen molar-refractivity contribution in [3.8, 4) is 6.07 Å². The molecule has 1 heterocycles. The summed E-state index contributed by atoms with van der Waals surface area (Å²) in [5.41, 5.74) is 1.30. The van der Waals surface area contributed by atoms with Gasteiger partial charge in [-0.15, -0.1) is 0 Å². The average Bonchev–Trinajstić information content (AvgIpc) is 2.46. The van der Waals surface area contributed by atoms with Crippen molar-refractivity contribution in [3.05, 3.63) is 60.0 Å². The zero-order valence-electron chi connectivity index (χ0n) is 11.0. The van der Waals surface area contributed by atoms with E-state index in [-0.39, 0.29) is 0 Å². The number of nitrogens with zero attached hydrogens (tertiary/aromatic N) is 3. The van der Waals surface area contributed by atoms with Gasteiger partial charge in [-0.3, -0.25) is 0 Å². The summed E-state index contributed by atoms with van der Waals surface area (Å²) < 4.78 is 0. The van der Waals surface area contributed by atoms with E-state index in [1.54, 1.807) is 13.0 Å². The molecule has 0 amide bonds. The zero-order valence-corrected chi connectivity index (χ0v) is 11.0. The predicted octanol–water partition coefficient (Wildman–Crippen LogP) is 3.55. The molecule has 0 aliphatic heterocycles. The fourth-order valence-corrected chi connectivity index (χ4v) is 2.10. The van der Waals surface area contributed by atoms with Gasteiger partial charge in [-0.05, 0) is 29.8 Å². The van der Waals surface area contributed by atoms with Gasteiger partial charge in [-0.1, -0.05) is 30.3 Å². The highest BCUT2D eigenvalue weighted by atomic mass is 15.0. The molecule has 4 nitrogen and oxygen atoms in total. The van der Waals surface area contributed by atoms with Crippen molar-refractivity contribution in [2.45, 2.75) is 6.92 Å². The fourth-order valence-electron chi connectivity index (χ4n) is 2.10. The highest BCUT2D eigenvalue weighted by Gasteiger charge is 2.02. The zero-order chi connectivity index (χ0) is 13.9. The number of aromatic nitrogens is 2. The van der Waals surface area contributed by atoms with E-state index in [1.165, 1.54) is 5.39 Å². The van der Waals surface area contributed by atoms with E-state index < -0.39 is 0 Å². The van der Waals surface area contributed by atoms with E-state index in [4.69, 9.17) is 5.26 Å². The summed E-state index contributed by atoms with van der Waals surface area (Å²) in [4.78, 5) is 8.32. The van der Waals surface area contributed by atoms with Crippen LogP contribution in [0.5, 0.6) is 0 Å². The Labute approximate surface area is 116 Å². The third kappa shape index (κ3) is 2.43. The van der Waals surface area contributed by atoms with Crippen molar-refractivity contribution in [1.82, 2.24) is 9.97 Å². The number of hydrogen-bond donors (Lipinski definition) is 1. The Hall–Kier alpha value is -2.93. The second-order valence-electron chi connectivity index (χ2n) is 4.48. The molecular weight excluding hydrogens is 248 g/mol. The number of rotatable bonds is 2.